The number of H-pyrrole nitrogens is 1. The second kappa shape index (κ2) is 6.19. The van der Waals surface area contributed by atoms with E-state index in [2.05, 4.69) is 15.6 Å². The van der Waals surface area contributed by atoms with Crippen LogP contribution in [-0.4, -0.2) is 35.7 Å². The summed E-state index contributed by atoms with van der Waals surface area (Å²) >= 11 is 12.2. The molecule has 8 heteroatoms. The molecule has 0 saturated carbocycles. The molecule has 0 aliphatic carbocycles. The van der Waals surface area contributed by atoms with E-state index in [-0.39, 0.29) is 34.8 Å². The number of anilines is 1. The van der Waals surface area contributed by atoms with Crippen molar-refractivity contribution in [2.45, 2.75) is 19.3 Å². The number of hydrogen-bond donors (Lipinski definition) is 4. The highest BCUT2D eigenvalue weighted by Crippen LogP contribution is 2.44. The van der Waals surface area contributed by atoms with Crippen molar-refractivity contribution in [2.24, 2.45) is 0 Å². The summed E-state index contributed by atoms with van der Waals surface area (Å²) < 4.78 is 14.6. The van der Waals surface area contributed by atoms with E-state index in [0.717, 1.165) is 5.69 Å². The van der Waals surface area contributed by atoms with Gasteiger partial charge in [0.05, 0.1) is 33.8 Å². The van der Waals surface area contributed by atoms with Gasteiger partial charge >= 0.3 is 0 Å². The van der Waals surface area contributed by atoms with E-state index < -0.39 is 11.7 Å². The molecule has 1 aliphatic rings. The van der Waals surface area contributed by atoms with Gasteiger partial charge in [0.2, 0.25) is 5.91 Å². The SMILES string of the molecule is C[C@H]1C(=O)NCCc2[nH]c3c(Cl)c(Cl)c(F)c(NCCO)c3c21. The molecule has 1 amide bonds. The number of aromatic nitrogens is 1. The average molecular weight is 360 g/mol. The normalized spacial score (nSPS) is 17.8. The van der Waals surface area contributed by atoms with E-state index in [4.69, 9.17) is 28.3 Å². The maximum atomic E-state index is 14.6. The Hall–Kier alpha value is -1.50. The fraction of sp³-hybridized carbons (Fsp3) is 0.400. The molecule has 0 bridgehead atoms. The highest BCUT2D eigenvalue weighted by Gasteiger charge is 2.30. The number of nitrogens with one attached hydrogen (secondary N) is 3. The first kappa shape index (κ1) is 16.4. The Morgan fingerprint density at radius 3 is 2.83 bits per heavy atom. The van der Waals surface area contributed by atoms with E-state index in [0.29, 0.717) is 29.4 Å². The number of aliphatic hydroxyl groups excluding tert-OH is 1. The van der Waals surface area contributed by atoms with Gasteiger partial charge in [-0.2, -0.15) is 0 Å². The van der Waals surface area contributed by atoms with Crippen LogP contribution in [0.25, 0.3) is 10.9 Å². The van der Waals surface area contributed by atoms with Gasteiger partial charge in [-0.1, -0.05) is 23.2 Å². The van der Waals surface area contributed by atoms with Crippen LogP contribution in [0, 0.1) is 5.82 Å². The Balaban J connectivity index is 2.36. The lowest BCUT2D eigenvalue weighted by Crippen LogP contribution is -2.27. The predicted molar refractivity (Wildman–Crippen MR) is 89.0 cm³/mol. The highest BCUT2D eigenvalue weighted by atomic mass is 35.5. The third kappa shape index (κ3) is 2.55. The van der Waals surface area contributed by atoms with Crippen molar-refractivity contribution in [1.29, 1.82) is 0 Å². The summed E-state index contributed by atoms with van der Waals surface area (Å²) in [5.41, 5.74) is 2.21. The van der Waals surface area contributed by atoms with Crippen LogP contribution < -0.4 is 10.6 Å². The van der Waals surface area contributed by atoms with Crippen molar-refractivity contribution >= 4 is 45.7 Å². The molecule has 0 radical (unpaired) electrons. The van der Waals surface area contributed by atoms with Gasteiger partial charge in [0.25, 0.3) is 0 Å². The van der Waals surface area contributed by atoms with Gasteiger partial charge < -0.3 is 20.7 Å². The van der Waals surface area contributed by atoms with Gasteiger partial charge in [0.1, 0.15) is 0 Å². The number of aromatic amines is 1. The molecule has 3 rings (SSSR count). The summed E-state index contributed by atoms with van der Waals surface area (Å²) in [6.07, 6.45) is 0.592. The largest absolute Gasteiger partial charge is 0.395 e. The van der Waals surface area contributed by atoms with Gasteiger partial charge in [0.15, 0.2) is 5.82 Å². The minimum absolute atomic E-state index is 0.0920. The topological polar surface area (TPSA) is 77.2 Å². The quantitative estimate of drug-likeness (QED) is 0.636. The van der Waals surface area contributed by atoms with Crippen LogP contribution in [0.5, 0.6) is 0 Å². The number of carbonyl (C=O) groups excluding carboxylic acids is 1. The zero-order valence-corrected chi connectivity index (χ0v) is 13.9. The van der Waals surface area contributed by atoms with Gasteiger partial charge in [-0.05, 0) is 12.5 Å². The summed E-state index contributed by atoms with van der Waals surface area (Å²) in [4.78, 5) is 15.3. The van der Waals surface area contributed by atoms with Crippen LogP contribution in [0.4, 0.5) is 10.1 Å². The van der Waals surface area contributed by atoms with Crippen molar-refractivity contribution in [3.63, 3.8) is 0 Å². The van der Waals surface area contributed by atoms with Crippen LogP contribution >= 0.6 is 23.2 Å². The molecular weight excluding hydrogens is 344 g/mol. The molecule has 4 N–H and O–H groups in total. The molecule has 1 atom stereocenters. The molecule has 0 unspecified atom stereocenters. The first-order chi connectivity index (χ1) is 11.0. The van der Waals surface area contributed by atoms with Crippen LogP contribution in [0.3, 0.4) is 0 Å². The number of benzene rings is 1. The molecule has 0 spiro atoms. The number of amides is 1. The molecule has 5 nitrogen and oxygen atoms in total. The first-order valence-corrected chi connectivity index (χ1v) is 8.06. The van der Waals surface area contributed by atoms with Gasteiger partial charge in [0, 0.05) is 30.6 Å². The lowest BCUT2D eigenvalue weighted by Gasteiger charge is -2.14. The van der Waals surface area contributed by atoms with Crippen LogP contribution in [0.15, 0.2) is 0 Å². The number of aliphatic hydroxyl groups is 1. The molecule has 23 heavy (non-hydrogen) atoms. The number of carbonyl (C=O) groups is 1. The molecule has 0 saturated heterocycles. The molecule has 1 aliphatic heterocycles. The zero-order chi connectivity index (χ0) is 16.7. The van der Waals surface area contributed by atoms with Gasteiger partial charge in [-0.3, -0.25) is 4.79 Å². The fourth-order valence-corrected chi connectivity index (χ4v) is 3.45. The number of fused-ring (bicyclic) bond motifs is 3. The molecule has 2 heterocycles. The fourth-order valence-electron chi connectivity index (χ4n) is 3.03. The maximum absolute atomic E-state index is 14.6. The smallest absolute Gasteiger partial charge is 0.227 e. The third-order valence-corrected chi connectivity index (χ3v) is 4.94. The number of halogens is 3. The van der Waals surface area contributed by atoms with Crippen molar-refractivity contribution < 1.29 is 14.3 Å². The Labute approximate surface area is 142 Å². The third-order valence-electron chi connectivity index (χ3n) is 4.11. The van der Waals surface area contributed by atoms with E-state index in [1.165, 1.54) is 0 Å². The van der Waals surface area contributed by atoms with Crippen molar-refractivity contribution in [1.82, 2.24) is 10.3 Å². The second-order valence-electron chi connectivity index (χ2n) is 5.50. The lowest BCUT2D eigenvalue weighted by atomic mass is 9.96. The molecule has 1 aromatic carbocycles. The van der Waals surface area contributed by atoms with E-state index in [1.807, 2.05) is 0 Å². The number of rotatable bonds is 3. The first-order valence-electron chi connectivity index (χ1n) is 7.30. The lowest BCUT2D eigenvalue weighted by molar-refractivity contribution is -0.121. The number of hydrogen-bond acceptors (Lipinski definition) is 3. The van der Waals surface area contributed by atoms with Crippen LogP contribution in [0.2, 0.25) is 10.0 Å². The summed E-state index contributed by atoms with van der Waals surface area (Å²) in [5, 5.41) is 15.1. The summed E-state index contributed by atoms with van der Waals surface area (Å²) in [6, 6.07) is 0. The Bertz CT molecular complexity index is 791. The maximum Gasteiger partial charge on any atom is 0.227 e. The molecule has 2 aromatic rings. The summed E-state index contributed by atoms with van der Waals surface area (Å²) in [7, 11) is 0. The van der Waals surface area contributed by atoms with E-state index in [1.54, 1.807) is 6.92 Å². The van der Waals surface area contributed by atoms with Crippen molar-refractivity contribution in [3.05, 3.63) is 27.1 Å². The predicted octanol–water partition coefficient (Wildman–Crippen LogP) is 2.79. The summed E-state index contributed by atoms with van der Waals surface area (Å²) in [6.45, 7) is 2.26. The Morgan fingerprint density at radius 2 is 2.13 bits per heavy atom. The average Bonchev–Trinajstić information content (AvgIpc) is 2.85. The molecule has 1 aromatic heterocycles. The highest BCUT2D eigenvalue weighted by molar-refractivity contribution is 6.46. The van der Waals surface area contributed by atoms with Gasteiger partial charge in [-0.25, -0.2) is 4.39 Å². The van der Waals surface area contributed by atoms with Crippen molar-refractivity contribution in [2.75, 3.05) is 25.0 Å². The van der Waals surface area contributed by atoms with E-state index >= 15 is 0 Å². The Morgan fingerprint density at radius 1 is 1.39 bits per heavy atom. The molecule has 124 valence electrons. The van der Waals surface area contributed by atoms with Crippen LogP contribution in [0.1, 0.15) is 24.1 Å². The monoisotopic (exact) mass is 359 g/mol. The minimum atomic E-state index is -0.684. The standard InChI is InChI=1S/C15H16Cl2FN3O2/c1-6-8-7(2-3-20-15(6)23)21-13-9(8)14(19-4-5-22)12(18)10(16)11(13)17/h6,19,21-22H,2-5H2,1H3,(H,20,23)/t6-/m1/s1. The zero-order valence-electron chi connectivity index (χ0n) is 12.4. The van der Waals surface area contributed by atoms with Gasteiger partial charge in [-0.15, -0.1) is 0 Å². The molecule has 0 fully saturated rings. The van der Waals surface area contributed by atoms with Crippen LogP contribution in [-0.2, 0) is 11.2 Å². The summed E-state index contributed by atoms with van der Waals surface area (Å²) in [5.74, 6) is -1.26. The van der Waals surface area contributed by atoms with Crippen molar-refractivity contribution in [3.8, 4) is 0 Å². The Kier molecular flexibility index (Phi) is 4.40. The minimum Gasteiger partial charge on any atom is -0.395 e. The molecular formula is C15H16Cl2FN3O2. The second-order valence-corrected chi connectivity index (χ2v) is 6.25. The van der Waals surface area contributed by atoms with E-state index in [9.17, 15) is 9.18 Å².